The first-order valence-corrected chi connectivity index (χ1v) is 24.7. The fraction of sp³-hybridized carbons (Fsp3) is 0.180. The minimum Gasteiger partial charge on any atom is -0.372 e. The molecule has 8 aromatic rings. The van der Waals surface area contributed by atoms with E-state index in [0.717, 1.165) is 105 Å². The number of rotatable bonds is 18. The zero-order valence-electron chi connectivity index (χ0n) is 42.7. The summed E-state index contributed by atoms with van der Waals surface area (Å²) in [5.74, 6) is 0. The van der Waals surface area contributed by atoms with Crippen LogP contribution in [0.2, 0.25) is 0 Å². The van der Waals surface area contributed by atoms with E-state index < -0.39 is 0 Å². The van der Waals surface area contributed by atoms with Crippen molar-refractivity contribution in [3.8, 4) is 0 Å². The summed E-state index contributed by atoms with van der Waals surface area (Å²) in [6, 6.07) is 61.5. The molecule has 73 heavy (non-hydrogen) atoms. The molecule has 0 radical (unpaired) electrons. The fourth-order valence-corrected chi connectivity index (χ4v) is 7.42. The summed E-state index contributed by atoms with van der Waals surface area (Å²) < 4.78 is 0. The summed E-state index contributed by atoms with van der Waals surface area (Å²) in [4.78, 5) is 13.6. The fourth-order valence-electron chi connectivity index (χ4n) is 7.42. The lowest BCUT2D eigenvalue weighted by atomic mass is 10.2. The Labute approximate surface area is 430 Å². The van der Waals surface area contributed by atoms with Gasteiger partial charge in [0.1, 0.15) is 0 Å². The monoisotopic (exact) mass is 963 g/mol. The SMILES string of the molecule is CCN(CC)c1ccc(N=Nc2ccc(N=Nc3ccc(C=Nc4ccc(C)cc4)cc3)c(C)c2)cc1.CCN(CC)c1ccc(N=Nc2ccc(N=Nc3ccc(C=Nc4ccccc4)cc3)c(C)c2)cc1. The van der Waals surface area contributed by atoms with E-state index in [1.165, 1.54) is 16.9 Å². The lowest BCUT2D eigenvalue weighted by Gasteiger charge is -2.20. The van der Waals surface area contributed by atoms with Crippen molar-refractivity contribution in [1.29, 1.82) is 0 Å². The second-order valence-corrected chi connectivity index (χ2v) is 17.0. The summed E-state index contributed by atoms with van der Waals surface area (Å²) in [6.07, 6.45) is 3.69. The van der Waals surface area contributed by atoms with Gasteiger partial charge in [0, 0.05) is 50.0 Å². The van der Waals surface area contributed by atoms with Crippen molar-refractivity contribution in [2.24, 2.45) is 50.9 Å². The number of aryl methyl sites for hydroxylation is 3. The van der Waals surface area contributed by atoms with Crippen LogP contribution < -0.4 is 9.80 Å². The number of azo groups is 4. The third-order valence-electron chi connectivity index (χ3n) is 11.7. The van der Waals surface area contributed by atoms with E-state index in [2.05, 4.69) is 132 Å². The zero-order chi connectivity index (χ0) is 51.2. The van der Waals surface area contributed by atoms with Crippen molar-refractivity contribution in [3.05, 3.63) is 216 Å². The van der Waals surface area contributed by atoms with Crippen molar-refractivity contribution in [3.63, 3.8) is 0 Å². The molecule has 0 aliphatic rings. The second kappa shape index (κ2) is 26.9. The summed E-state index contributed by atoms with van der Waals surface area (Å²) in [5, 5.41) is 35.1. The van der Waals surface area contributed by atoms with Gasteiger partial charge in [0.15, 0.2) is 0 Å². The summed E-state index contributed by atoms with van der Waals surface area (Å²) in [6.45, 7) is 18.6. The van der Waals surface area contributed by atoms with Crippen LogP contribution >= 0.6 is 0 Å². The van der Waals surface area contributed by atoms with Crippen molar-refractivity contribution in [2.75, 3.05) is 36.0 Å². The predicted molar refractivity (Wildman–Crippen MR) is 304 cm³/mol. The minimum atomic E-state index is 0.779. The largest absolute Gasteiger partial charge is 0.372 e. The summed E-state index contributed by atoms with van der Waals surface area (Å²) in [7, 11) is 0. The molecule has 0 spiro atoms. The highest BCUT2D eigenvalue weighted by molar-refractivity contribution is 5.83. The van der Waals surface area contributed by atoms with Gasteiger partial charge < -0.3 is 9.80 Å². The molecule has 0 saturated carbocycles. The maximum atomic E-state index is 4.52. The van der Waals surface area contributed by atoms with Gasteiger partial charge in [-0.25, -0.2) is 0 Å². The molecule has 0 bridgehead atoms. The molecule has 0 atom stereocenters. The number of para-hydroxylation sites is 1. The van der Waals surface area contributed by atoms with Crippen molar-refractivity contribution >= 4 is 80.7 Å². The lowest BCUT2D eigenvalue weighted by Crippen LogP contribution is -2.21. The summed E-state index contributed by atoms with van der Waals surface area (Å²) >= 11 is 0. The Morgan fingerprint density at radius 1 is 0.315 bits per heavy atom. The van der Waals surface area contributed by atoms with E-state index in [-0.39, 0.29) is 0 Å². The third-order valence-corrected chi connectivity index (χ3v) is 11.7. The molecule has 8 rings (SSSR count). The van der Waals surface area contributed by atoms with Gasteiger partial charge in [0.05, 0.1) is 56.9 Å². The molecule has 0 aliphatic heterocycles. The Morgan fingerprint density at radius 3 is 1.00 bits per heavy atom. The molecule has 0 aromatic heterocycles. The first-order valence-electron chi connectivity index (χ1n) is 24.7. The number of hydrogen-bond donors (Lipinski definition) is 0. The van der Waals surface area contributed by atoms with E-state index >= 15 is 0 Å². The van der Waals surface area contributed by atoms with Crippen LogP contribution in [0.1, 0.15) is 55.5 Å². The van der Waals surface area contributed by atoms with Gasteiger partial charge in [-0.3, -0.25) is 9.98 Å². The second-order valence-electron chi connectivity index (χ2n) is 17.0. The smallest absolute Gasteiger partial charge is 0.0887 e. The maximum Gasteiger partial charge on any atom is 0.0887 e. The Hall–Kier alpha value is -8.90. The molecule has 0 unspecified atom stereocenters. The lowest BCUT2D eigenvalue weighted by molar-refractivity contribution is 0.866. The average Bonchev–Trinajstić information content (AvgIpc) is 3.43. The molecule has 0 N–H and O–H groups in total. The number of hydrogen-bond acceptors (Lipinski definition) is 12. The number of anilines is 2. The molecular formula is C61H62N12. The Bertz CT molecular complexity index is 3150. The van der Waals surface area contributed by atoms with Crippen LogP contribution in [0.5, 0.6) is 0 Å². The predicted octanol–water partition coefficient (Wildman–Crippen LogP) is 19.2. The minimum absolute atomic E-state index is 0.779. The first kappa shape index (κ1) is 51.9. The third kappa shape index (κ3) is 16.1. The van der Waals surface area contributed by atoms with E-state index in [9.17, 15) is 0 Å². The molecule has 12 nitrogen and oxygen atoms in total. The van der Waals surface area contributed by atoms with E-state index in [4.69, 9.17) is 0 Å². The van der Waals surface area contributed by atoms with Gasteiger partial charge in [-0.2, -0.15) is 40.9 Å². The molecular weight excluding hydrogens is 901 g/mol. The zero-order valence-corrected chi connectivity index (χ0v) is 42.7. The number of benzene rings is 8. The van der Waals surface area contributed by atoms with E-state index in [0.29, 0.717) is 0 Å². The summed E-state index contributed by atoms with van der Waals surface area (Å²) in [5.41, 5.74) is 15.8. The number of nitrogens with zero attached hydrogens (tertiary/aromatic N) is 12. The van der Waals surface area contributed by atoms with Gasteiger partial charge >= 0.3 is 0 Å². The number of aliphatic imine (C=N–C) groups is 2. The van der Waals surface area contributed by atoms with E-state index in [1.54, 1.807) is 0 Å². The molecule has 0 saturated heterocycles. The molecule has 366 valence electrons. The Morgan fingerprint density at radius 2 is 0.630 bits per heavy atom. The van der Waals surface area contributed by atoms with Gasteiger partial charge in [-0.1, -0.05) is 60.2 Å². The van der Waals surface area contributed by atoms with Crippen molar-refractivity contribution in [1.82, 2.24) is 0 Å². The molecule has 0 heterocycles. The van der Waals surface area contributed by atoms with Gasteiger partial charge in [0.2, 0.25) is 0 Å². The highest BCUT2D eigenvalue weighted by atomic mass is 15.1. The maximum absolute atomic E-state index is 4.52. The topological polar surface area (TPSA) is 130 Å². The van der Waals surface area contributed by atoms with Crippen LogP contribution in [0.3, 0.4) is 0 Å². The van der Waals surface area contributed by atoms with Crippen LogP contribution in [0.4, 0.5) is 68.2 Å². The van der Waals surface area contributed by atoms with Crippen LogP contribution in [0.15, 0.2) is 239 Å². The molecule has 0 fully saturated rings. The Kier molecular flexibility index (Phi) is 19.1. The highest BCUT2D eigenvalue weighted by Gasteiger charge is 2.05. The quantitative estimate of drug-likeness (QED) is 0.0626. The molecule has 0 amide bonds. The Balaban J connectivity index is 0.000000214. The normalized spacial score (nSPS) is 11.7. The van der Waals surface area contributed by atoms with E-state index in [1.807, 2.05) is 178 Å². The van der Waals surface area contributed by atoms with Crippen molar-refractivity contribution in [2.45, 2.75) is 48.5 Å². The van der Waals surface area contributed by atoms with Gasteiger partial charge in [-0.15, -0.1) is 0 Å². The van der Waals surface area contributed by atoms with Crippen LogP contribution in [0.25, 0.3) is 0 Å². The first-order chi connectivity index (χ1) is 35.7. The average molecular weight is 963 g/mol. The van der Waals surface area contributed by atoms with Gasteiger partial charge in [0.25, 0.3) is 0 Å². The van der Waals surface area contributed by atoms with Crippen LogP contribution in [-0.4, -0.2) is 38.6 Å². The molecule has 12 heteroatoms. The molecule has 0 aliphatic carbocycles. The van der Waals surface area contributed by atoms with Crippen LogP contribution in [0, 0.1) is 20.8 Å². The molecule has 8 aromatic carbocycles. The highest BCUT2D eigenvalue weighted by Crippen LogP contribution is 2.30. The standard InChI is InChI=1S/C31H32N6.C30H30N6/c1-5-37(6-2)30-18-15-28(16-19-30)33-35-29-17-20-31(24(4)21-29)36-34-27-13-9-25(10-14-27)22-32-26-11-7-23(3)8-12-26;1-4-36(5-2)29-18-15-27(16-19-29)32-34-28-17-20-30(23(3)21-28)35-33-26-13-11-24(12-14-26)22-31-25-9-7-6-8-10-25/h7-22H,5-6H2,1-4H3;6-22H,4-5H2,1-3H3. The van der Waals surface area contributed by atoms with Crippen LogP contribution in [-0.2, 0) is 0 Å². The van der Waals surface area contributed by atoms with Crippen molar-refractivity contribution < 1.29 is 0 Å². The van der Waals surface area contributed by atoms with Gasteiger partial charge in [-0.05, 0) is 204 Å².